The van der Waals surface area contributed by atoms with Crippen LogP contribution in [0, 0.1) is 0 Å². The second-order valence-corrected chi connectivity index (χ2v) is 7.27. The first-order chi connectivity index (χ1) is 12.0. The van der Waals surface area contributed by atoms with E-state index in [4.69, 9.17) is 27.7 Å². The number of nitrogens with zero attached hydrogens (tertiary/aromatic N) is 3. The molecule has 0 aliphatic carbocycles. The van der Waals surface area contributed by atoms with Gasteiger partial charge in [-0.15, -0.1) is 11.3 Å². The van der Waals surface area contributed by atoms with Crippen molar-refractivity contribution in [2.75, 3.05) is 7.05 Å². The lowest BCUT2D eigenvalue weighted by molar-refractivity contribution is -0.130. The van der Waals surface area contributed by atoms with Crippen LogP contribution in [0.5, 0.6) is 0 Å². The van der Waals surface area contributed by atoms with Crippen LogP contribution in [0.3, 0.4) is 0 Å². The van der Waals surface area contributed by atoms with Gasteiger partial charge in [-0.25, -0.2) is 0 Å². The number of carbonyl (C=O) groups is 1. The van der Waals surface area contributed by atoms with Gasteiger partial charge >= 0.3 is 0 Å². The van der Waals surface area contributed by atoms with Crippen molar-refractivity contribution in [1.82, 2.24) is 15.0 Å². The third kappa shape index (κ3) is 4.60. The van der Waals surface area contributed by atoms with Gasteiger partial charge < -0.3 is 9.42 Å². The van der Waals surface area contributed by atoms with E-state index in [0.29, 0.717) is 34.7 Å². The molecule has 0 bridgehead atoms. The van der Waals surface area contributed by atoms with Crippen molar-refractivity contribution < 1.29 is 9.32 Å². The SMILES string of the molecule is CN(Cc1ccc(Cl)cc1Cl)C(=O)CCc1nc(-c2cccs2)no1. The second kappa shape index (κ2) is 7.99. The van der Waals surface area contributed by atoms with Gasteiger partial charge in [0.2, 0.25) is 17.6 Å². The highest BCUT2D eigenvalue weighted by Crippen LogP contribution is 2.23. The molecule has 0 atom stereocenters. The van der Waals surface area contributed by atoms with Crippen LogP contribution in [-0.4, -0.2) is 28.0 Å². The predicted molar refractivity (Wildman–Crippen MR) is 98.9 cm³/mol. The molecule has 25 heavy (non-hydrogen) atoms. The number of aromatic nitrogens is 2. The normalized spacial score (nSPS) is 10.8. The van der Waals surface area contributed by atoms with Gasteiger partial charge in [0.05, 0.1) is 4.88 Å². The smallest absolute Gasteiger partial charge is 0.227 e. The number of benzene rings is 1. The average molecular weight is 396 g/mol. The highest BCUT2D eigenvalue weighted by atomic mass is 35.5. The Bertz CT molecular complexity index is 865. The van der Waals surface area contributed by atoms with Crippen LogP contribution < -0.4 is 0 Å². The zero-order valence-corrected chi connectivity index (χ0v) is 15.7. The molecule has 0 spiro atoms. The molecule has 8 heteroatoms. The fourth-order valence-electron chi connectivity index (χ4n) is 2.26. The Hall–Kier alpha value is -1.89. The van der Waals surface area contributed by atoms with Gasteiger partial charge in [0.25, 0.3) is 0 Å². The van der Waals surface area contributed by atoms with Crippen molar-refractivity contribution in [2.24, 2.45) is 0 Å². The summed E-state index contributed by atoms with van der Waals surface area (Å²) in [6, 6.07) is 9.09. The quantitative estimate of drug-likeness (QED) is 0.606. The molecule has 0 saturated carbocycles. The van der Waals surface area contributed by atoms with Crippen LogP contribution in [0.4, 0.5) is 0 Å². The lowest BCUT2D eigenvalue weighted by Crippen LogP contribution is -2.26. The summed E-state index contributed by atoms with van der Waals surface area (Å²) in [7, 11) is 1.73. The minimum Gasteiger partial charge on any atom is -0.341 e. The van der Waals surface area contributed by atoms with E-state index in [1.54, 1.807) is 35.4 Å². The summed E-state index contributed by atoms with van der Waals surface area (Å²) in [5.74, 6) is 0.982. The molecule has 0 saturated heterocycles. The van der Waals surface area contributed by atoms with E-state index in [1.165, 1.54) is 0 Å². The summed E-state index contributed by atoms with van der Waals surface area (Å²) in [6.07, 6.45) is 0.684. The Balaban J connectivity index is 1.55. The first-order valence-corrected chi connectivity index (χ1v) is 9.21. The fraction of sp³-hybridized carbons (Fsp3) is 0.235. The third-order valence-corrected chi connectivity index (χ3v) is 5.06. The molecule has 3 aromatic rings. The molecule has 0 aliphatic rings. The lowest BCUT2D eigenvalue weighted by atomic mass is 10.2. The standard InChI is InChI=1S/C17H15Cl2N3O2S/c1-22(10-11-4-5-12(18)9-13(11)19)16(23)7-6-15-20-17(21-24-15)14-3-2-8-25-14/h2-5,8-9H,6-7,10H2,1H3. The number of halogens is 2. The topological polar surface area (TPSA) is 59.2 Å². The van der Waals surface area contributed by atoms with Gasteiger partial charge in [0, 0.05) is 36.5 Å². The van der Waals surface area contributed by atoms with Crippen molar-refractivity contribution in [3.63, 3.8) is 0 Å². The lowest BCUT2D eigenvalue weighted by Gasteiger charge is -2.17. The molecular formula is C17H15Cl2N3O2S. The van der Waals surface area contributed by atoms with Crippen molar-refractivity contribution in [3.05, 3.63) is 57.2 Å². The van der Waals surface area contributed by atoms with Crippen LogP contribution >= 0.6 is 34.5 Å². The van der Waals surface area contributed by atoms with Crippen molar-refractivity contribution >= 4 is 40.4 Å². The molecule has 0 unspecified atom stereocenters. The molecule has 130 valence electrons. The Morgan fingerprint density at radius 2 is 2.16 bits per heavy atom. The maximum absolute atomic E-state index is 12.3. The summed E-state index contributed by atoms with van der Waals surface area (Å²) < 4.78 is 5.21. The summed E-state index contributed by atoms with van der Waals surface area (Å²) in [5.41, 5.74) is 0.847. The molecule has 0 aliphatic heterocycles. The van der Waals surface area contributed by atoms with Gasteiger partial charge in [0.1, 0.15) is 0 Å². The van der Waals surface area contributed by atoms with E-state index in [1.807, 2.05) is 23.6 Å². The minimum atomic E-state index is -0.0260. The van der Waals surface area contributed by atoms with Crippen molar-refractivity contribution in [1.29, 1.82) is 0 Å². The number of amides is 1. The first-order valence-electron chi connectivity index (χ1n) is 7.57. The molecule has 2 heterocycles. The van der Waals surface area contributed by atoms with Crippen LogP contribution in [0.2, 0.25) is 10.0 Å². The largest absolute Gasteiger partial charge is 0.341 e. The van der Waals surface area contributed by atoms with Crippen LogP contribution in [0.15, 0.2) is 40.2 Å². The maximum Gasteiger partial charge on any atom is 0.227 e. The molecule has 0 N–H and O–H groups in total. The number of hydrogen-bond acceptors (Lipinski definition) is 5. The van der Waals surface area contributed by atoms with E-state index < -0.39 is 0 Å². The second-order valence-electron chi connectivity index (χ2n) is 5.47. The number of thiophene rings is 1. The van der Waals surface area contributed by atoms with E-state index in [-0.39, 0.29) is 12.3 Å². The van der Waals surface area contributed by atoms with Crippen LogP contribution in [0.1, 0.15) is 17.9 Å². The molecule has 1 amide bonds. The summed E-state index contributed by atoms with van der Waals surface area (Å²) in [6.45, 7) is 0.416. The average Bonchev–Trinajstić information content (AvgIpc) is 3.26. The van der Waals surface area contributed by atoms with Crippen molar-refractivity contribution in [2.45, 2.75) is 19.4 Å². The minimum absolute atomic E-state index is 0.0260. The van der Waals surface area contributed by atoms with Crippen LogP contribution in [-0.2, 0) is 17.8 Å². The van der Waals surface area contributed by atoms with E-state index >= 15 is 0 Å². The zero-order chi connectivity index (χ0) is 17.8. The molecule has 5 nitrogen and oxygen atoms in total. The molecule has 1 aromatic carbocycles. The Morgan fingerprint density at radius 3 is 2.88 bits per heavy atom. The van der Waals surface area contributed by atoms with Crippen LogP contribution in [0.25, 0.3) is 10.7 Å². The number of rotatable bonds is 6. The zero-order valence-electron chi connectivity index (χ0n) is 13.4. The summed E-state index contributed by atoms with van der Waals surface area (Å²) in [5, 5.41) is 7.00. The number of carbonyl (C=O) groups excluding carboxylic acids is 1. The van der Waals surface area contributed by atoms with E-state index in [0.717, 1.165) is 10.4 Å². The monoisotopic (exact) mass is 395 g/mol. The highest BCUT2D eigenvalue weighted by Gasteiger charge is 2.15. The first kappa shape index (κ1) is 17.9. The van der Waals surface area contributed by atoms with E-state index in [9.17, 15) is 4.79 Å². The highest BCUT2D eigenvalue weighted by molar-refractivity contribution is 7.13. The van der Waals surface area contributed by atoms with Crippen molar-refractivity contribution in [3.8, 4) is 10.7 Å². The van der Waals surface area contributed by atoms with Gasteiger partial charge in [-0.3, -0.25) is 4.79 Å². The Labute approximate surface area is 159 Å². The molecule has 0 radical (unpaired) electrons. The fourth-order valence-corrected chi connectivity index (χ4v) is 3.38. The Kier molecular flexibility index (Phi) is 5.73. The molecule has 2 aromatic heterocycles. The molecule has 0 fully saturated rings. The third-order valence-electron chi connectivity index (χ3n) is 3.61. The summed E-state index contributed by atoms with van der Waals surface area (Å²) in [4.78, 5) is 19.2. The predicted octanol–water partition coefficient (Wildman–Crippen LogP) is 4.70. The van der Waals surface area contributed by atoms with Gasteiger partial charge in [-0.05, 0) is 29.1 Å². The Morgan fingerprint density at radius 1 is 1.32 bits per heavy atom. The number of aryl methyl sites for hydroxylation is 1. The summed E-state index contributed by atoms with van der Waals surface area (Å²) >= 11 is 13.6. The number of hydrogen-bond donors (Lipinski definition) is 0. The molecular weight excluding hydrogens is 381 g/mol. The van der Waals surface area contributed by atoms with Gasteiger partial charge in [-0.2, -0.15) is 4.98 Å². The van der Waals surface area contributed by atoms with Gasteiger partial charge in [-0.1, -0.05) is 40.5 Å². The maximum atomic E-state index is 12.3. The van der Waals surface area contributed by atoms with Gasteiger partial charge in [0.15, 0.2) is 0 Å². The molecule has 3 rings (SSSR count). The van der Waals surface area contributed by atoms with E-state index in [2.05, 4.69) is 10.1 Å².